The topological polar surface area (TPSA) is 69.0 Å². The van der Waals surface area contributed by atoms with E-state index in [0.717, 1.165) is 69.6 Å². The molecule has 2 aromatic carbocycles. The van der Waals surface area contributed by atoms with E-state index in [1.54, 1.807) is 0 Å². The largest absolute Gasteiger partial charge is 0.454 e. The average Bonchev–Trinajstić information content (AvgIpc) is 3.51. The van der Waals surface area contributed by atoms with Gasteiger partial charge < -0.3 is 29.4 Å². The Hall–Kier alpha value is -3.19. The summed E-state index contributed by atoms with van der Waals surface area (Å²) in [4.78, 5) is 4.45. The standard InChI is InChI=1S/C26H32N4O3/c1-27-25(28-12-4-13-30-14-9-20-5-2-3-6-22(20)30)29-18-26(10-15-31-16-11-26)21-7-8-23-24(17-21)33-19-32-23/h2-3,5-9,14,17H,4,10-13,15-16,18-19H2,1H3,(H2,27,28,29). The van der Waals surface area contributed by atoms with Gasteiger partial charge in [-0.05, 0) is 54.5 Å². The highest BCUT2D eigenvalue weighted by molar-refractivity contribution is 5.80. The number of hydrogen-bond donors (Lipinski definition) is 2. The Balaban J connectivity index is 1.18. The molecule has 0 unspecified atom stereocenters. The van der Waals surface area contributed by atoms with Crippen LogP contribution in [0.15, 0.2) is 59.7 Å². The third-order valence-corrected chi connectivity index (χ3v) is 6.80. The van der Waals surface area contributed by atoms with Crippen LogP contribution in [0.25, 0.3) is 10.9 Å². The first-order valence-corrected chi connectivity index (χ1v) is 11.7. The van der Waals surface area contributed by atoms with E-state index in [1.807, 2.05) is 13.1 Å². The van der Waals surface area contributed by atoms with Crippen molar-refractivity contribution in [3.8, 4) is 11.5 Å². The van der Waals surface area contributed by atoms with Gasteiger partial charge in [0.25, 0.3) is 0 Å². The van der Waals surface area contributed by atoms with Crippen LogP contribution in [0.3, 0.4) is 0 Å². The molecule has 1 fully saturated rings. The summed E-state index contributed by atoms with van der Waals surface area (Å²) in [7, 11) is 1.83. The molecule has 0 amide bonds. The highest BCUT2D eigenvalue weighted by Gasteiger charge is 2.35. The van der Waals surface area contributed by atoms with Crippen LogP contribution in [0.5, 0.6) is 11.5 Å². The van der Waals surface area contributed by atoms with E-state index < -0.39 is 0 Å². The summed E-state index contributed by atoms with van der Waals surface area (Å²) < 4.78 is 19.1. The van der Waals surface area contributed by atoms with Crippen molar-refractivity contribution >= 4 is 16.9 Å². The zero-order valence-electron chi connectivity index (χ0n) is 19.2. The summed E-state index contributed by atoms with van der Waals surface area (Å²) in [5.74, 6) is 2.49. The Morgan fingerprint density at radius 3 is 2.76 bits per heavy atom. The van der Waals surface area contributed by atoms with Gasteiger partial charge in [0.1, 0.15) is 0 Å². The average molecular weight is 449 g/mol. The summed E-state index contributed by atoms with van der Waals surface area (Å²) in [6.45, 7) is 4.42. The maximum absolute atomic E-state index is 5.69. The van der Waals surface area contributed by atoms with E-state index in [2.05, 4.69) is 68.9 Å². The van der Waals surface area contributed by atoms with Crippen LogP contribution in [-0.2, 0) is 16.7 Å². The maximum Gasteiger partial charge on any atom is 0.231 e. The Bertz CT molecular complexity index is 1120. The number of fused-ring (bicyclic) bond motifs is 2. The molecule has 0 saturated carbocycles. The highest BCUT2D eigenvalue weighted by Crippen LogP contribution is 2.40. The first-order chi connectivity index (χ1) is 16.3. The Morgan fingerprint density at radius 1 is 1.03 bits per heavy atom. The minimum absolute atomic E-state index is 0.0269. The van der Waals surface area contributed by atoms with Crippen LogP contribution < -0.4 is 20.1 Å². The van der Waals surface area contributed by atoms with E-state index in [4.69, 9.17) is 14.2 Å². The van der Waals surface area contributed by atoms with Crippen molar-refractivity contribution in [1.82, 2.24) is 15.2 Å². The van der Waals surface area contributed by atoms with Crippen molar-refractivity contribution in [3.63, 3.8) is 0 Å². The quantitative estimate of drug-likeness (QED) is 0.328. The van der Waals surface area contributed by atoms with Crippen LogP contribution in [0.4, 0.5) is 0 Å². The molecule has 1 saturated heterocycles. The zero-order valence-corrected chi connectivity index (χ0v) is 19.2. The number of rotatable bonds is 7. The van der Waals surface area contributed by atoms with Crippen molar-refractivity contribution in [3.05, 3.63) is 60.3 Å². The van der Waals surface area contributed by atoms with Crippen LogP contribution >= 0.6 is 0 Å². The van der Waals surface area contributed by atoms with Crippen LogP contribution in [-0.4, -0.2) is 50.7 Å². The molecular weight excluding hydrogens is 416 g/mol. The lowest BCUT2D eigenvalue weighted by atomic mass is 9.74. The van der Waals surface area contributed by atoms with Crippen molar-refractivity contribution in [2.24, 2.45) is 4.99 Å². The number of aromatic nitrogens is 1. The van der Waals surface area contributed by atoms with E-state index in [0.29, 0.717) is 6.79 Å². The van der Waals surface area contributed by atoms with Crippen LogP contribution in [0.2, 0.25) is 0 Å². The number of para-hydroxylation sites is 1. The lowest BCUT2D eigenvalue weighted by Gasteiger charge is -2.38. The minimum atomic E-state index is -0.0269. The van der Waals surface area contributed by atoms with Gasteiger partial charge in [0.05, 0.1) is 0 Å². The van der Waals surface area contributed by atoms with Crippen molar-refractivity contribution in [1.29, 1.82) is 0 Å². The number of benzene rings is 2. The fourth-order valence-corrected chi connectivity index (χ4v) is 4.82. The summed E-state index contributed by atoms with van der Waals surface area (Å²) in [5, 5.41) is 8.34. The van der Waals surface area contributed by atoms with Gasteiger partial charge >= 0.3 is 0 Å². The lowest BCUT2D eigenvalue weighted by Crippen LogP contribution is -2.48. The number of aliphatic imine (C=N–C) groups is 1. The smallest absolute Gasteiger partial charge is 0.231 e. The number of nitrogens with zero attached hydrogens (tertiary/aromatic N) is 2. The van der Waals surface area contributed by atoms with Gasteiger partial charge in [-0.25, -0.2) is 0 Å². The highest BCUT2D eigenvalue weighted by atomic mass is 16.7. The Morgan fingerprint density at radius 2 is 1.88 bits per heavy atom. The Labute approximate surface area is 194 Å². The normalized spacial score (nSPS) is 17.3. The van der Waals surface area contributed by atoms with Crippen LogP contribution in [0.1, 0.15) is 24.8 Å². The molecule has 174 valence electrons. The van der Waals surface area contributed by atoms with Gasteiger partial charge in [0.2, 0.25) is 6.79 Å². The fraction of sp³-hybridized carbons (Fsp3) is 0.423. The summed E-state index contributed by atoms with van der Waals surface area (Å²) in [5.41, 5.74) is 2.52. The first-order valence-electron chi connectivity index (χ1n) is 11.7. The van der Waals surface area contributed by atoms with E-state index in [9.17, 15) is 0 Å². The summed E-state index contributed by atoms with van der Waals surface area (Å²) >= 11 is 0. The lowest BCUT2D eigenvalue weighted by molar-refractivity contribution is 0.0513. The second-order valence-electron chi connectivity index (χ2n) is 8.73. The number of nitrogens with one attached hydrogen (secondary N) is 2. The van der Waals surface area contributed by atoms with E-state index in [-0.39, 0.29) is 5.41 Å². The molecule has 33 heavy (non-hydrogen) atoms. The van der Waals surface area contributed by atoms with Crippen molar-refractivity contribution in [2.45, 2.75) is 31.2 Å². The van der Waals surface area contributed by atoms with Crippen molar-refractivity contribution < 1.29 is 14.2 Å². The molecular formula is C26H32N4O3. The second kappa shape index (κ2) is 9.75. The molecule has 0 atom stereocenters. The van der Waals surface area contributed by atoms with Gasteiger partial charge in [0.15, 0.2) is 17.5 Å². The molecule has 0 bridgehead atoms. The third-order valence-electron chi connectivity index (χ3n) is 6.80. The molecule has 2 aliphatic rings. The molecule has 2 aliphatic heterocycles. The number of guanidine groups is 1. The minimum Gasteiger partial charge on any atom is -0.454 e. The SMILES string of the molecule is CN=C(NCCCn1ccc2ccccc21)NCC1(c2ccc3c(c2)OCO3)CCOCC1. The first kappa shape index (κ1) is 21.6. The molecule has 5 rings (SSSR count). The molecule has 0 radical (unpaired) electrons. The van der Waals surface area contributed by atoms with Gasteiger partial charge in [-0.2, -0.15) is 0 Å². The predicted molar refractivity (Wildman–Crippen MR) is 130 cm³/mol. The summed E-state index contributed by atoms with van der Waals surface area (Å²) in [6.07, 6.45) is 5.09. The zero-order chi connectivity index (χ0) is 22.5. The Kier molecular flexibility index (Phi) is 6.39. The molecule has 0 aliphatic carbocycles. The molecule has 2 N–H and O–H groups in total. The molecule has 7 heteroatoms. The van der Waals surface area contributed by atoms with Gasteiger partial charge in [-0.3, -0.25) is 4.99 Å². The predicted octanol–water partition coefficient (Wildman–Crippen LogP) is 3.67. The van der Waals surface area contributed by atoms with Crippen LogP contribution in [0, 0.1) is 0 Å². The molecule has 3 heterocycles. The fourth-order valence-electron chi connectivity index (χ4n) is 4.82. The number of aryl methyl sites for hydroxylation is 1. The molecule has 7 nitrogen and oxygen atoms in total. The van der Waals surface area contributed by atoms with Gasteiger partial charge in [-0.15, -0.1) is 0 Å². The van der Waals surface area contributed by atoms with Gasteiger partial charge in [-0.1, -0.05) is 24.3 Å². The number of hydrogen-bond acceptors (Lipinski definition) is 4. The third kappa shape index (κ3) is 4.64. The molecule has 3 aromatic rings. The second-order valence-corrected chi connectivity index (χ2v) is 8.73. The monoisotopic (exact) mass is 448 g/mol. The van der Waals surface area contributed by atoms with E-state index >= 15 is 0 Å². The molecule has 0 spiro atoms. The van der Waals surface area contributed by atoms with Gasteiger partial charge in [0, 0.05) is 57.0 Å². The van der Waals surface area contributed by atoms with Crippen molar-refractivity contribution in [2.75, 3.05) is 40.1 Å². The van der Waals surface area contributed by atoms with E-state index in [1.165, 1.54) is 16.5 Å². The molecule has 1 aromatic heterocycles. The summed E-state index contributed by atoms with van der Waals surface area (Å²) in [6, 6.07) is 17.0. The number of ether oxygens (including phenoxy) is 3. The maximum atomic E-state index is 5.69.